The molecule has 0 aliphatic heterocycles. The van der Waals surface area contributed by atoms with Gasteiger partial charge < -0.3 is 4.90 Å². The lowest BCUT2D eigenvalue weighted by Gasteiger charge is -2.24. The lowest BCUT2D eigenvalue weighted by Crippen LogP contribution is -2.38. The van der Waals surface area contributed by atoms with Crippen LogP contribution >= 0.6 is 0 Å². The van der Waals surface area contributed by atoms with E-state index in [0.29, 0.717) is 22.5 Å². The van der Waals surface area contributed by atoms with Crippen molar-refractivity contribution >= 4 is 5.91 Å². The Kier molecular flexibility index (Phi) is 5.69. The van der Waals surface area contributed by atoms with Crippen LogP contribution in [0.25, 0.3) is 5.69 Å². The third kappa shape index (κ3) is 4.82. The average molecular weight is 398 g/mol. The molecule has 3 rings (SSSR count). The number of aromatic nitrogens is 2. The lowest BCUT2D eigenvalue weighted by atomic mass is 10.1. The molecule has 8 heteroatoms. The second-order valence-electron chi connectivity index (χ2n) is 6.48. The summed E-state index contributed by atoms with van der Waals surface area (Å²) >= 11 is 0. The van der Waals surface area contributed by atoms with E-state index in [4.69, 9.17) is 5.26 Å². The SMILES string of the molecule is Cc1c(C(=O)N(Cc2ccc(C#N)cc2)CC(F)(F)F)cnn1-c1ccccc1. The van der Waals surface area contributed by atoms with E-state index in [1.54, 1.807) is 31.2 Å². The van der Waals surface area contributed by atoms with Crippen LogP contribution in [0.15, 0.2) is 60.8 Å². The Morgan fingerprint density at radius 2 is 1.79 bits per heavy atom. The number of nitriles is 1. The molecule has 1 amide bonds. The molecule has 5 nitrogen and oxygen atoms in total. The third-order valence-corrected chi connectivity index (χ3v) is 4.35. The van der Waals surface area contributed by atoms with Crippen molar-refractivity contribution in [1.82, 2.24) is 14.7 Å². The maximum Gasteiger partial charge on any atom is 0.406 e. The Bertz CT molecular complexity index is 1030. The zero-order chi connectivity index (χ0) is 21.0. The van der Waals surface area contributed by atoms with Crippen LogP contribution in [0.5, 0.6) is 0 Å². The van der Waals surface area contributed by atoms with Crippen LogP contribution in [-0.2, 0) is 6.54 Å². The largest absolute Gasteiger partial charge is 0.406 e. The molecule has 0 saturated heterocycles. The molecule has 0 spiro atoms. The zero-order valence-corrected chi connectivity index (χ0v) is 15.5. The Hall–Kier alpha value is -3.60. The fourth-order valence-electron chi connectivity index (χ4n) is 2.94. The van der Waals surface area contributed by atoms with Gasteiger partial charge in [0.25, 0.3) is 5.91 Å². The lowest BCUT2D eigenvalue weighted by molar-refractivity contribution is -0.141. The number of carbonyl (C=O) groups is 1. The molecule has 0 saturated carbocycles. The zero-order valence-electron chi connectivity index (χ0n) is 15.5. The second-order valence-corrected chi connectivity index (χ2v) is 6.48. The first-order valence-electron chi connectivity index (χ1n) is 8.73. The van der Waals surface area contributed by atoms with Crippen LogP contribution in [0.2, 0.25) is 0 Å². The predicted octanol–water partition coefficient (Wildman–Crippen LogP) is 4.26. The van der Waals surface area contributed by atoms with E-state index < -0.39 is 18.6 Å². The van der Waals surface area contributed by atoms with E-state index in [9.17, 15) is 18.0 Å². The number of halogens is 3. The third-order valence-electron chi connectivity index (χ3n) is 4.35. The van der Waals surface area contributed by atoms with Gasteiger partial charge in [0, 0.05) is 6.54 Å². The number of hydrogen-bond acceptors (Lipinski definition) is 3. The molecule has 0 bridgehead atoms. The van der Waals surface area contributed by atoms with Gasteiger partial charge >= 0.3 is 6.18 Å². The quantitative estimate of drug-likeness (QED) is 0.645. The summed E-state index contributed by atoms with van der Waals surface area (Å²) in [7, 11) is 0. The van der Waals surface area contributed by atoms with Crippen molar-refractivity contribution in [2.45, 2.75) is 19.6 Å². The molecule has 1 aromatic heterocycles. The fraction of sp³-hybridized carbons (Fsp3) is 0.190. The van der Waals surface area contributed by atoms with Gasteiger partial charge in [-0.1, -0.05) is 30.3 Å². The molecule has 0 N–H and O–H groups in total. The molecule has 1 heterocycles. The van der Waals surface area contributed by atoms with Gasteiger partial charge in [0.05, 0.1) is 34.8 Å². The van der Waals surface area contributed by atoms with Gasteiger partial charge in [-0.3, -0.25) is 4.79 Å². The summed E-state index contributed by atoms with van der Waals surface area (Å²) in [4.78, 5) is 13.7. The highest BCUT2D eigenvalue weighted by molar-refractivity contribution is 5.95. The molecule has 0 aliphatic carbocycles. The van der Waals surface area contributed by atoms with Crippen molar-refractivity contribution < 1.29 is 18.0 Å². The number of alkyl halides is 3. The van der Waals surface area contributed by atoms with Crippen LogP contribution in [0.4, 0.5) is 13.2 Å². The van der Waals surface area contributed by atoms with E-state index >= 15 is 0 Å². The Balaban J connectivity index is 1.90. The van der Waals surface area contributed by atoms with E-state index in [2.05, 4.69) is 5.10 Å². The van der Waals surface area contributed by atoms with Crippen molar-refractivity contribution in [3.63, 3.8) is 0 Å². The predicted molar refractivity (Wildman–Crippen MR) is 100 cm³/mol. The summed E-state index contributed by atoms with van der Waals surface area (Å²) < 4.78 is 40.9. The highest BCUT2D eigenvalue weighted by Crippen LogP contribution is 2.22. The summed E-state index contributed by atoms with van der Waals surface area (Å²) in [6.07, 6.45) is -3.27. The number of amides is 1. The van der Waals surface area contributed by atoms with Gasteiger partial charge in [-0.05, 0) is 36.8 Å². The molecule has 0 unspecified atom stereocenters. The molecule has 0 aliphatic rings. The Morgan fingerprint density at radius 1 is 1.14 bits per heavy atom. The standard InChI is InChI=1S/C21H17F3N4O/c1-15-19(12-26-28(15)18-5-3-2-4-6-18)20(29)27(14-21(22,23)24)13-17-9-7-16(11-25)8-10-17/h2-10,12H,13-14H2,1H3. The molecular formula is C21H17F3N4O. The molecule has 148 valence electrons. The molecule has 29 heavy (non-hydrogen) atoms. The van der Waals surface area contributed by atoms with E-state index in [-0.39, 0.29) is 12.1 Å². The van der Waals surface area contributed by atoms with E-state index in [1.165, 1.54) is 35.1 Å². The summed E-state index contributed by atoms with van der Waals surface area (Å²) in [5.74, 6) is -0.758. The van der Waals surface area contributed by atoms with Crippen LogP contribution < -0.4 is 0 Å². The fourth-order valence-corrected chi connectivity index (χ4v) is 2.94. The van der Waals surface area contributed by atoms with Crippen molar-refractivity contribution in [1.29, 1.82) is 5.26 Å². The van der Waals surface area contributed by atoms with Crippen LogP contribution in [-0.4, -0.2) is 33.3 Å². The van der Waals surface area contributed by atoms with Crippen LogP contribution in [0.1, 0.15) is 27.2 Å². The van der Waals surface area contributed by atoms with Gasteiger partial charge in [0.2, 0.25) is 0 Å². The van der Waals surface area contributed by atoms with Crippen molar-refractivity contribution in [2.24, 2.45) is 0 Å². The molecule has 0 atom stereocenters. The first-order valence-corrected chi connectivity index (χ1v) is 8.73. The number of nitrogens with zero attached hydrogens (tertiary/aromatic N) is 4. The number of benzene rings is 2. The maximum absolute atomic E-state index is 13.1. The number of para-hydroxylation sites is 1. The van der Waals surface area contributed by atoms with Crippen molar-refractivity contribution in [2.75, 3.05) is 6.54 Å². The smallest absolute Gasteiger partial charge is 0.325 e. The van der Waals surface area contributed by atoms with Gasteiger partial charge in [0.15, 0.2) is 0 Å². The second kappa shape index (κ2) is 8.19. The van der Waals surface area contributed by atoms with Crippen LogP contribution in [0, 0.1) is 18.3 Å². The first kappa shape index (κ1) is 20.1. The molecule has 0 radical (unpaired) electrons. The van der Waals surface area contributed by atoms with Gasteiger partial charge in [0.1, 0.15) is 6.54 Å². The van der Waals surface area contributed by atoms with Crippen molar-refractivity contribution in [3.05, 3.63) is 83.2 Å². The monoisotopic (exact) mass is 398 g/mol. The Morgan fingerprint density at radius 3 is 2.38 bits per heavy atom. The highest BCUT2D eigenvalue weighted by Gasteiger charge is 2.34. The average Bonchev–Trinajstić information content (AvgIpc) is 3.08. The van der Waals surface area contributed by atoms with Gasteiger partial charge in [-0.25, -0.2) is 4.68 Å². The molecule has 3 aromatic rings. The molecule has 2 aromatic carbocycles. The summed E-state index contributed by atoms with van der Waals surface area (Å²) in [6, 6.07) is 17.1. The summed E-state index contributed by atoms with van der Waals surface area (Å²) in [5, 5.41) is 13.0. The summed E-state index contributed by atoms with van der Waals surface area (Å²) in [6.45, 7) is 0.0164. The minimum Gasteiger partial charge on any atom is -0.325 e. The minimum atomic E-state index is -4.55. The minimum absolute atomic E-state index is 0.103. The van der Waals surface area contributed by atoms with Crippen molar-refractivity contribution in [3.8, 4) is 11.8 Å². The molecular weight excluding hydrogens is 381 g/mol. The normalized spacial score (nSPS) is 11.1. The van der Waals surface area contributed by atoms with Crippen LogP contribution in [0.3, 0.4) is 0 Å². The summed E-state index contributed by atoms with van der Waals surface area (Å²) in [5.41, 5.74) is 2.15. The Labute approximate surface area is 165 Å². The number of rotatable bonds is 5. The number of carbonyl (C=O) groups excluding carboxylic acids is 1. The van der Waals surface area contributed by atoms with E-state index in [0.717, 1.165) is 4.90 Å². The van der Waals surface area contributed by atoms with Gasteiger partial charge in [-0.15, -0.1) is 0 Å². The number of hydrogen-bond donors (Lipinski definition) is 0. The van der Waals surface area contributed by atoms with E-state index in [1.807, 2.05) is 12.1 Å². The molecule has 0 fully saturated rings. The topological polar surface area (TPSA) is 61.9 Å². The highest BCUT2D eigenvalue weighted by atomic mass is 19.4. The van der Waals surface area contributed by atoms with Gasteiger partial charge in [-0.2, -0.15) is 23.5 Å². The first-order chi connectivity index (χ1) is 13.8. The maximum atomic E-state index is 13.1.